The summed E-state index contributed by atoms with van der Waals surface area (Å²) in [6.07, 6.45) is 1.99. The van der Waals surface area contributed by atoms with E-state index in [1.165, 1.54) is 217 Å². The third-order valence-electron chi connectivity index (χ3n) is 28.8. The average Bonchev–Trinajstić information content (AvgIpc) is 1.57. The highest BCUT2D eigenvalue weighted by molar-refractivity contribution is 5.95. The maximum absolute atomic E-state index is 4.77. The Morgan fingerprint density at radius 2 is 0.318 bits per heavy atom. The molecule has 1 heterocycles. The first-order valence-corrected chi connectivity index (χ1v) is 46.4. The molecule has 0 amide bonds. The van der Waals surface area contributed by atoms with Gasteiger partial charge in [0.25, 0.3) is 0 Å². The minimum Gasteiger partial charge on any atom is -0.256 e. The molecule has 6 aliphatic rings. The van der Waals surface area contributed by atoms with Crippen molar-refractivity contribution in [3.05, 3.63) is 604 Å². The number of pyridine rings is 1. The largest absolute Gasteiger partial charge is 0.256 e. The lowest BCUT2D eigenvalue weighted by Crippen LogP contribution is -2.03. The number of benzene rings is 20. The summed E-state index contributed by atoms with van der Waals surface area (Å²) in [5, 5.41) is 0. The van der Waals surface area contributed by atoms with Crippen LogP contribution in [0, 0.1) is 0 Å². The van der Waals surface area contributed by atoms with Crippen LogP contribution in [0.2, 0.25) is 0 Å². The monoisotopic (exact) mass is 1680 g/mol. The van der Waals surface area contributed by atoms with Crippen LogP contribution in [0.5, 0.6) is 0 Å². The van der Waals surface area contributed by atoms with E-state index in [1.54, 1.807) is 0 Å². The van der Waals surface area contributed by atoms with Gasteiger partial charge in [-0.25, -0.2) is 0 Å². The van der Waals surface area contributed by atoms with Crippen molar-refractivity contribution < 1.29 is 0 Å². The summed E-state index contributed by atoms with van der Waals surface area (Å²) in [6.45, 7) is 0. The first-order valence-electron chi connectivity index (χ1n) is 46.4. The van der Waals surface area contributed by atoms with Crippen molar-refractivity contribution in [1.82, 2.24) is 4.98 Å². The summed E-state index contributed by atoms with van der Waals surface area (Å²) in [6, 6.07) is 183. The van der Waals surface area contributed by atoms with Crippen LogP contribution < -0.4 is 0 Å². The Labute approximate surface area is 772 Å². The van der Waals surface area contributed by atoms with Crippen molar-refractivity contribution in [2.24, 2.45) is 0 Å². The Kier molecular flexibility index (Phi) is 19.5. The summed E-state index contributed by atoms with van der Waals surface area (Å²) < 4.78 is 0. The van der Waals surface area contributed by atoms with Crippen molar-refractivity contribution >= 4 is 0 Å². The molecule has 0 bridgehead atoms. The maximum Gasteiger partial charge on any atom is 0.0702 e. The van der Waals surface area contributed by atoms with Crippen LogP contribution in [-0.4, -0.2) is 4.98 Å². The molecule has 0 N–H and O–H groups in total. The van der Waals surface area contributed by atoms with E-state index in [0.29, 0.717) is 0 Å². The Bertz CT molecular complexity index is 7640. The Morgan fingerprint density at radius 1 is 0.114 bits per heavy atom. The Hall–Kier alpha value is -16.5. The highest BCUT2D eigenvalue weighted by Crippen LogP contribution is 2.60. The third-order valence-corrected chi connectivity index (χ3v) is 28.8. The molecule has 27 rings (SSSR count). The maximum atomic E-state index is 4.77. The smallest absolute Gasteiger partial charge is 0.0702 e. The van der Waals surface area contributed by atoms with Gasteiger partial charge >= 0.3 is 0 Å². The number of fused-ring (bicyclic) bond motifs is 18. The molecule has 1 nitrogen and oxygen atoms in total. The fraction of sp³-hybridized carbons (Fsp3) is 0.0458. The van der Waals surface area contributed by atoms with Crippen LogP contribution in [0.4, 0.5) is 0 Å². The van der Waals surface area contributed by atoms with Crippen molar-refractivity contribution in [3.8, 4) is 134 Å². The fourth-order valence-corrected chi connectivity index (χ4v) is 22.8. The molecule has 1 aromatic heterocycles. The molecule has 21 aromatic rings. The number of aromatic nitrogens is 1. The van der Waals surface area contributed by atoms with E-state index in [0.717, 1.165) is 16.8 Å². The van der Waals surface area contributed by atoms with Crippen LogP contribution in [0.3, 0.4) is 0 Å². The van der Waals surface area contributed by atoms with E-state index in [4.69, 9.17) is 4.98 Å². The molecule has 1 heteroatoms. The number of hydrogen-bond donors (Lipinski definition) is 0. The molecule has 6 atom stereocenters. The molecule has 20 aromatic carbocycles. The Balaban J connectivity index is 0.000000106. The summed E-state index contributed by atoms with van der Waals surface area (Å²) in [5.74, 6) is 1.30. The standard InChI is InChI=1S/2C44H30.C43H29N/c2*1-3-12-29(13-4-1)30-22-24-31(25-23-30)33-16-11-17-34(26-33)44-38-21-10-8-19-36(38)40-27-39-35-18-7-9-20-37(35)43(41(39)28-42(40)44)32-14-5-2-6-15-32;1-3-11-29(12-4-1)41-24-23-32(27-44-41)28-19-21-31(22-20-28)43-36-18-10-8-16-34(36)38-25-37-33-15-7-9-17-35(33)42(39(37)26-40(38)43)30-13-5-2-6-14-30/h2*1-28,43-44H;1-27,42-43H. The van der Waals surface area contributed by atoms with Gasteiger partial charge in [-0.1, -0.05) is 473 Å². The normalized spacial score (nSPS) is 15.7. The van der Waals surface area contributed by atoms with Gasteiger partial charge in [-0.2, -0.15) is 0 Å². The molecular formula is C131H89N. The number of nitrogens with zero attached hydrogens (tertiary/aromatic N) is 1. The molecule has 618 valence electrons. The van der Waals surface area contributed by atoms with Crippen molar-refractivity contribution in [2.75, 3.05) is 0 Å². The van der Waals surface area contributed by atoms with Gasteiger partial charge < -0.3 is 0 Å². The second-order valence-electron chi connectivity index (χ2n) is 36.0. The van der Waals surface area contributed by atoms with Gasteiger partial charge in [0.2, 0.25) is 0 Å². The van der Waals surface area contributed by atoms with Gasteiger partial charge in [0.05, 0.1) is 5.69 Å². The summed E-state index contributed by atoms with van der Waals surface area (Å²) >= 11 is 0. The van der Waals surface area contributed by atoms with Gasteiger partial charge in [0, 0.05) is 52.8 Å². The van der Waals surface area contributed by atoms with Crippen LogP contribution >= 0.6 is 0 Å². The average molecular weight is 1680 g/mol. The molecule has 0 fully saturated rings. The minimum atomic E-state index is 0.190. The lowest BCUT2D eigenvalue weighted by atomic mass is 9.84. The topological polar surface area (TPSA) is 12.9 Å². The van der Waals surface area contributed by atoms with Gasteiger partial charge in [-0.15, -0.1) is 0 Å². The van der Waals surface area contributed by atoms with E-state index < -0.39 is 0 Å². The first-order chi connectivity index (χ1) is 65.5. The zero-order valence-electron chi connectivity index (χ0n) is 72.8. The second-order valence-corrected chi connectivity index (χ2v) is 36.0. The Morgan fingerprint density at radius 3 is 0.606 bits per heavy atom. The van der Waals surface area contributed by atoms with Crippen molar-refractivity contribution in [2.45, 2.75) is 35.5 Å². The van der Waals surface area contributed by atoms with Crippen molar-refractivity contribution in [3.63, 3.8) is 0 Å². The molecule has 0 aliphatic heterocycles. The summed E-state index contributed by atoms with van der Waals surface area (Å²) in [5.41, 5.74) is 55.7. The molecule has 6 unspecified atom stereocenters. The van der Waals surface area contributed by atoms with Gasteiger partial charge in [-0.3, -0.25) is 4.98 Å². The SMILES string of the molecule is c1ccc(-c2ccc(-c3ccc(C4c5ccccc5-c5cc6c(cc54)C(c4ccccc4)c4ccccc4-6)cc3)cn2)cc1.c1ccc(-c2ccc(-c3cccc(C4c5ccccc5-c5cc6c(cc54)C(c4ccccc4)c4ccccc4-6)c3)cc2)cc1.c1ccc(-c2ccc(-c3cccc(C4c5ccccc5-c5cc6c(cc54)C(c4ccccc4)c4ccccc4-6)c3)cc2)cc1. The third kappa shape index (κ3) is 13.6. The fourth-order valence-electron chi connectivity index (χ4n) is 22.8. The molecular weight excluding hydrogens is 1590 g/mol. The van der Waals surface area contributed by atoms with E-state index in [1.807, 2.05) is 12.3 Å². The minimum absolute atomic E-state index is 0.190. The second kappa shape index (κ2) is 33.0. The predicted octanol–water partition coefficient (Wildman–Crippen LogP) is 33.4. The molecule has 0 saturated heterocycles. The van der Waals surface area contributed by atoms with Crippen molar-refractivity contribution in [1.29, 1.82) is 0 Å². The number of rotatable bonds is 12. The lowest BCUT2D eigenvalue weighted by Gasteiger charge is -2.19. The van der Waals surface area contributed by atoms with Gasteiger partial charge in [0.15, 0.2) is 0 Å². The molecule has 0 spiro atoms. The highest BCUT2D eigenvalue weighted by Gasteiger charge is 2.41. The number of hydrogen-bond acceptors (Lipinski definition) is 1. The highest BCUT2D eigenvalue weighted by atomic mass is 14.7. The summed E-state index contributed by atoms with van der Waals surface area (Å²) in [7, 11) is 0. The van der Waals surface area contributed by atoms with Crippen LogP contribution in [-0.2, 0) is 0 Å². The van der Waals surface area contributed by atoms with Gasteiger partial charge in [-0.05, 0) is 241 Å². The van der Waals surface area contributed by atoms with Gasteiger partial charge in [0.1, 0.15) is 0 Å². The summed E-state index contributed by atoms with van der Waals surface area (Å²) in [4.78, 5) is 4.77. The van der Waals surface area contributed by atoms with E-state index in [-0.39, 0.29) is 35.5 Å². The first kappa shape index (κ1) is 77.9. The van der Waals surface area contributed by atoms with Crippen LogP contribution in [0.15, 0.2) is 504 Å². The lowest BCUT2D eigenvalue weighted by molar-refractivity contribution is 0.982. The zero-order valence-corrected chi connectivity index (χ0v) is 72.8. The zero-order chi connectivity index (χ0) is 87.1. The van der Waals surface area contributed by atoms with Crippen LogP contribution in [0.1, 0.15) is 136 Å². The predicted molar refractivity (Wildman–Crippen MR) is 547 cm³/mol. The molecule has 6 aliphatic carbocycles. The quantitative estimate of drug-likeness (QED) is 0.119. The molecule has 132 heavy (non-hydrogen) atoms. The van der Waals surface area contributed by atoms with E-state index in [9.17, 15) is 0 Å². The van der Waals surface area contributed by atoms with E-state index in [2.05, 4.69) is 491 Å². The molecule has 0 saturated carbocycles. The van der Waals surface area contributed by atoms with E-state index >= 15 is 0 Å². The molecule has 0 radical (unpaired) electrons. The van der Waals surface area contributed by atoms with Crippen LogP contribution in [0.25, 0.3) is 134 Å².